The van der Waals surface area contributed by atoms with Gasteiger partial charge in [-0.2, -0.15) is 0 Å². The monoisotopic (exact) mass is 363 g/mol. The lowest BCUT2D eigenvalue weighted by Crippen LogP contribution is -2.46. The molecule has 2 rings (SSSR count). The predicted octanol–water partition coefficient (Wildman–Crippen LogP) is 2.97. The number of likely N-dealkylation sites (N-methyl/N-ethyl adjacent to an activating group) is 1. The molecule has 0 unspecified atom stereocenters. The first kappa shape index (κ1) is 19.8. The highest BCUT2D eigenvalue weighted by Gasteiger charge is 2.23. The van der Waals surface area contributed by atoms with Crippen LogP contribution in [-0.4, -0.2) is 49.1 Å². The summed E-state index contributed by atoms with van der Waals surface area (Å²) in [6.45, 7) is 2.63. The Hall–Kier alpha value is -1.53. The van der Waals surface area contributed by atoms with Crippen LogP contribution in [0.25, 0.3) is 0 Å². The molecule has 1 saturated carbocycles. The van der Waals surface area contributed by atoms with Crippen LogP contribution in [0.1, 0.15) is 32.6 Å². The molecule has 0 heterocycles. The maximum absolute atomic E-state index is 12.2. The van der Waals surface area contributed by atoms with E-state index in [0.29, 0.717) is 5.92 Å². The molecule has 1 aliphatic carbocycles. The molecule has 1 aliphatic rings. The second kappa shape index (κ2) is 9.82. The smallest absolute Gasteiger partial charge is 0.238 e. The Morgan fingerprint density at radius 1 is 1.16 bits per heavy atom. The van der Waals surface area contributed by atoms with E-state index in [1.807, 2.05) is 30.5 Å². The zero-order valence-electron chi connectivity index (χ0n) is 15.4. The van der Waals surface area contributed by atoms with Gasteiger partial charge in [0.15, 0.2) is 0 Å². The fourth-order valence-corrected chi connectivity index (χ4v) is 3.82. The molecular formula is C19H29N3O2S. The topological polar surface area (TPSA) is 61.4 Å². The Labute approximate surface area is 154 Å². The van der Waals surface area contributed by atoms with Crippen LogP contribution in [0.15, 0.2) is 29.2 Å². The zero-order valence-corrected chi connectivity index (χ0v) is 16.2. The third-order valence-corrected chi connectivity index (χ3v) is 5.46. The summed E-state index contributed by atoms with van der Waals surface area (Å²) in [6.07, 6.45) is 6.65. The number of amides is 2. The lowest BCUT2D eigenvalue weighted by Gasteiger charge is -2.30. The number of hydrogen-bond acceptors (Lipinski definition) is 4. The van der Waals surface area contributed by atoms with Crippen molar-refractivity contribution in [3.63, 3.8) is 0 Å². The van der Waals surface area contributed by atoms with Crippen LogP contribution in [0.5, 0.6) is 0 Å². The van der Waals surface area contributed by atoms with Crippen molar-refractivity contribution in [2.45, 2.75) is 43.5 Å². The number of nitrogens with one attached hydrogen (secondary N) is 2. The highest BCUT2D eigenvalue weighted by atomic mass is 32.2. The quantitative estimate of drug-likeness (QED) is 0.731. The number of hydrogen-bond donors (Lipinski definition) is 2. The molecule has 25 heavy (non-hydrogen) atoms. The van der Waals surface area contributed by atoms with Gasteiger partial charge >= 0.3 is 0 Å². The second-order valence-corrected chi connectivity index (χ2v) is 7.70. The van der Waals surface area contributed by atoms with Gasteiger partial charge in [-0.05, 0) is 44.2 Å². The molecule has 2 atom stereocenters. The SMILES string of the molecule is CSc1ccccc1NC(=O)CN(C)CC(=O)N[C@@H]1CCCC[C@H]1C. The number of anilines is 1. The van der Waals surface area contributed by atoms with Gasteiger partial charge in [0, 0.05) is 10.9 Å². The minimum Gasteiger partial charge on any atom is -0.352 e. The lowest BCUT2D eigenvalue weighted by molar-refractivity contribution is -0.124. The largest absolute Gasteiger partial charge is 0.352 e. The molecule has 1 aromatic rings. The normalized spacial score (nSPS) is 20.3. The molecule has 2 amide bonds. The van der Waals surface area contributed by atoms with E-state index in [0.717, 1.165) is 17.0 Å². The van der Waals surface area contributed by atoms with Crippen molar-refractivity contribution in [3.8, 4) is 0 Å². The molecule has 1 aromatic carbocycles. The van der Waals surface area contributed by atoms with Crippen LogP contribution in [0, 0.1) is 5.92 Å². The van der Waals surface area contributed by atoms with Gasteiger partial charge in [-0.3, -0.25) is 14.5 Å². The zero-order chi connectivity index (χ0) is 18.2. The molecule has 0 spiro atoms. The third kappa shape index (κ3) is 6.36. The minimum atomic E-state index is -0.108. The summed E-state index contributed by atoms with van der Waals surface area (Å²) in [5.74, 6) is 0.427. The molecule has 0 bridgehead atoms. The van der Waals surface area contributed by atoms with Gasteiger partial charge in [0.1, 0.15) is 0 Å². The summed E-state index contributed by atoms with van der Waals surface area (Å²) in [4.78, 5) is 27.2. The van der Waals surface area contributed by atoms with Gasteiger partial charge in [-0.1, -0.05) is 31.9 Å². The molecule has 2 N–H and O–H groups in total. The predicted molar refractivity (Wildman–Crippen MR) is 104 cm³/mol. The van der Waals surface area contributed by atoms with E-state index in [4.69, 9.17) is 0 Å². The number of nitrogens with zero attached hydrogens (tertiary/aromatic N) is 1. The van der Waals surface area contributed by atoms with E-state index in [-0.39, 0.29) is 30.9 Å². The Morgan fingerprint density at radius 2 is 1.84 bits per heavy atom. The molecule has 0 aliphatic heterocycles. The number of benzene rings is 1. The highest BCUT2D eigenvalue weighted by Crippen LogP contribution is 2.25. The van der Waals surface area contributed by atoms with Gasteiger partial charge in [-0.15, -0.1) is 11.8 Å². The summed E-state index contributed by atoms with van der Waals surface area (Å²) in [7, 11) is 1.80. The van der Waals surface area contributed by atoms with E-state index < -0.39 is 0 Å². The van der Waals surface area contributed by atoms with Crippen molar-refractivity contribution >= 4 is 29.3 Å². The van der Waals surface area contributed by atoms with Crippen molar-refractivity contribution < 1.29 is 9.59 Å². The van der Waals surface area contributed by atoms with Crippen molar-refractivity contribution in [3.05, 3.63) is 24.3 Å². The van der Waals surface area contributed by atoms with Crippen LogP contribution < -0.4 is 10.6 Å². The summed E-state index contributed by atoms with van der Waals surface area (Å²) in [5, 5.41) is 6.05. The number of rotatable bonds is 7. The van der Waals surface area contributed by atoms with Crippen LogP contribution in [0.4, 0.5) is 5.69 Å². The Bertz CT molecular complexity index is 594. The molecule has 0 saturated heterocycles. The third-order valence-electron chi connectivity index (χ3n) is 4.67. The Balaban J connectivity index is 1.77. The number of thioether (sulfide) groups is 1. The lowest BCUT2D eigenvalue weighted by atomic mass is 9.86. The van der Waals surface area contributed by atoms with Gasteiger partial charge in [0.05, 0.1) is 18.8 Å². The maximum atomic E-state index is 12.2. The summed E-state index contributed by atoms with van der Waals surface area (Å²) >= 11 is 1.59. The molecule has 138 valence electrons. The van der Waals surface area contributed by atoms with Crippen LogP contribution in [0.3, 0.4) is 0 Å². The van der Waals surface area contributed by atoms with Gasteiger partial charge < -0.3 is 10.6 Å². The van der Waals surface area contributed by atoms with Gasteiger partial charge in [0.2, 0.25) is 11.8 Å². The summed E-state index contributed by atoms with van der Waals surface area (Å²) < 4.78 is 0. The molecule has 0 aromatic heterocycles. The van der Waals surface area contributed by atoms with Crippen molar-refractivity contribution in [1.29, 1.82) is 0 Å². The van der Waals surface area contributed by atoms with Crippen LogP contribution in [-0.2, 0) is 9.59 Å². The second-order valence-electron chi connectivity index (χ2n) is 6.86. The van der Waals surface area contributed by atoms with E-state index in [2.05, 4.69) is 17.6 Å². The van der Waals surface area contributed by atoms with Gasteiger partial charge in [-0.25, -0.2) is 0 Å². The number of carbonyl (C=O) groups is 2. The van der Waals surface area contributed by atoms with E-state index in [1.165, 1.54) is 19.3 Å². The Morgan fingerprint density at radius 3 is 2.56 bits per heavy atom. The van der Waals surface area contributed by atoms with Crippen molar-refractivity contribution in [2.75, 3.05) is 31.7 Å². The standard InChI is InChI=1S/C19H29N3O2S/c1-14-8-4-5-9-15(14)20-18(23)12-22(2)13-19(24)21-16-10-6-7-11-17(16)25-3/h6-7,10-11,14-15H,4-5,8-9,12-13H2,1-3H3,(H,20,23)(H,21,24)/t14-,15-/m1/s1. The fourth-order valence-electron chi connectivity index (χ4n) is 3.27. The summed E-state index contributed by atoms with van der Waals surface area (Å²) in [6, 6.07) is 7.99. The molecule has 0 radical (unpaired) electrons. The first-order valence-corrected chi connectivity index (χ1v) is 10.1. The molecular weight excluding hydrogens is 334 g/mol. The van der Waals surface area contributed by atoms with E-state index >= 15 is 0 Å². The molecule has 5 nitrogen and oxygen atoms in total. The highest BCUT2D eigenvalue weighted by molar-refractivity contribution is 7.98. The first-order valence-electron chi connectivity index (χ1n) is 8.90. The fraction of sp³-hybridized carbons (Fsp3) is 0.579. The Kier molecular flexibility index (Phi) is 7.78. The summed E-state index contributed by atoms with van der Waals surface area (Å²) in [5.41, 5.74) is 0.814. The number of para-hydroxylation sites is 1. The first-order chi connectivity index (χ1) is 12.0. The average molecular weight is 364 g/mol. The van der Waals surface area contributed by atoms with E-state index in [9.17, 15) is 9.59 Å². The van der Waals surface area contributed by atoms with Crippen LogP contribution >= 0.6 is 11.8 Å². The van der Waals surface area contributed by atoms with Crippen molar-refractivity contribution in [1.82, 2.24) is 10.2 Å². The maximum Gasteiger partial charge on any atom is 0.238 e. The van der Waals surface area contributed by atoms with Gasteiger partial charge in [0.25, 0.3) is 0 Å². The van der Waals surface area contributed by atoms with E-state index in [1.54, 1.807) is 23.7 Å². The average Bonchev–Trinajstić information content (AvgIpc) is 2.57. The van der Waals surface area contributed by atoms with Crippen LogP contribution in [0.2, 0.25) is 0 Å². The van der Waals surface area contributed by atoms with Crippen molar-refractivity contribution in [2.24, 2.45) is 5.92 Å². The molecule has 6 heteroatoms. The minimum absolute atomic E-state index is 0.00133. The molecule has 1 fully saturated rings. The number of carbonyl (C=O) groups excluding carboxylic acids is 2.